The van der Waals surface area contributed by atoms with Crippen LogP contribution in [-0.4, -0.2) is 46.6 Å². The molecule has 4 atom stereocenters. The van der Waals surface area contributed by atoms with Gasteiger partial charge >= 0.3 is 18.2 Å². The smallest absolute Gasteiger partial charge is 0.497 e. The number of fused-ring (bicyclic) bond motifs is 2. The Balaban J connectivity index is 1.73. The number of aliphatic carboxylic acids is 2. The van der Waals surface area contributed by atoms with E-state index in [0.717, 1.165) is 0 Å². The topological polar surface area (TPSA) is 127 Å². The number of nitrogens with one attached hydrogen (secondary N) is 1. The maximum Gasteiger partial charge on any atom is 0.586 e. The molecule has 0 spiro atoms. The summed E-state index contributed by atoms with van der Waals surface area (Å²) in [6.07, 6.45) is -3.83. The largest absolute Gasteiger partial charge is 0.586 e. The number of ether oxygens (including phenoxy) is 3. The summed E-state index contributed by atoms with van der Waals surface area (Å²) in [6, 6.07) is 12.7. The number of pyridine rings is 1. The number of halogens is 2. The molecule has 210 valence electrons. The first kappa shape index (κ1) is 27.2. The summed E-state index contributed by atoms with van der Waals surface area (Å²) in [5, 5.41) is 23.7. The molecule has 2 heterocycles. The molecule has 1 unspecified atom stereocenters. The molecule has 5 rings (SSSR count). The van der Waals surface area contributed by atoms with Crippen LogP contribution in [0.25, 0.3) is 0 Å². The average Bonchev–Trinajstić information content (AvgIpc) is 3.39. The quantitative estimate of drug-likeness (QED) is 0.335. The van der Waals surface area contributed by atoms with E-state index in [-0.39, 0.29) is 17.5 Å². The normalized spacial score (nSPS) is 21.1. The first-order valence-electron chi connectivity index (χ1n) is 12.7. The maximum atomic E-state index is 13.8. The van der Waals surface area contributed by atoms with E-state index in [1.165, 1.54) is 32.2 Å². The lowest BCUT2D eigenvalue weighted by molar-refractivity contribution is -0.286. The van der Waals surface area contributed by atoms with Crippen molar-refractivity contribution >= 4 is 17.8 Å². The number of aromatic nitrogens is 1. The summed E-state index contributed by atoms with van der Waals surface area (Å²) in [4.78, 5) is 29.9. The Bertz CT molecular complexity index is 1490. The van der Waals surface area contributed by atoms with Crippen LogP contribution in [0.2, 0.25) is 0 Å². The zero-order chi connectivity index (χ0) is 28.9. The van der Waals surface area contributed by atoms with Gasteiger partial charge in [0.05, 0.1) is 24.6 Å². The van der Waals surface area contributed by atoms with Crippen LogP contribution in [0.4, 0.5) is 14.6 Å². The van der Waals surface area contributed by atoms with E-state index in [0.29, 0.717) is 39.5 Å². The van der Waals surface area contributed by atoms with Crippen molar-refractivity contribution in [3.05, 3.63) is 76.5 Å². The monoisotopic (exact) mass is 554 g/mol. The fraction of sp³-hybridized carbons (Fsp3) is 0.345. The number of rotatable bonds is 8. The van der Waals surface area contributed by atoms with Gasteiger partial charge in [-0.15, -0.1) is 8.78 Å². The third-order valence-corrected chi connectivity index (χ3v) is 7.28. The van der Waals surface area contributed by atoms with Gasteiger partial charge in [-0.3, -0.25) is 9.59 Å². The Morgan fingerprint density at radius 3 is 2.33 bits per heavy atom. The molecular formula is C29H28F2N2O7. The van der Waals surface area contributed by atoms with Gasteiger partial charge in [0, 0.05) is 17.9 Å². The number of methoxy groups -OCH3 is 1. The van der Waals surface area contributed by atoms with E-state index in [2.05, 4.69) is 14.8 Å². The number of carboxylic acid groups (broad SMARTS) is 2. The van der Waals surface area contributed by atoms with Crippen LogP contribution < -0.4 is 19.5 Å². The van der Waals surface area contributed by atoms with Crippen LogP contribution in [-0.2, 0) is 9.59 Å². The van der Waals surface area contributed by atoms with E-state index in [4.69, 9.17) is 9.72 Å². The van der Waals surface area contributed by atoms with Crippen molar-refractivity contribution < 1.29 is 42.8 Å². The van der Waals surface area contributed by atoms with E-state index >= 15 is 0 Å². The number of carbonyl (C=O) groups is 2. The number of hydrogen-bond acceptors (Lipinski definition) is 7. The molecule has 3 aromatic rings. The summed E-state index contributed by atoms with van der Waals surface area (Å²) in [5.41, 5.74) is 2.33. The van der Waals surface area contributed by atoms with Gasteiger partial charge in [0.15, 0.2) is 11.5 Å². The Hall–Kier alpha value is -4.41. The van der Waals surface area contributed by atoms with Gasteiger partial charge in [0.1, 0.15) is 11.6 Å². The van der Waals surface area contributed by atoms with Crippen molar-refractivity contribution in [1.29, 1.82) is 0 Å². The van der Waals surface area contributed by atoms with Gasteiger partial charge < -0.3 is 29.7 Å². The Kier molecular flexibility index (Phi) is 6.77. The molecule has 0 saturated carbocycles. The highest BCUT2D eigenvalue weighted by Crippen LogP contribution is 2.55. The third-order valence-electron chi connectivity index (χ3n) is 7.28. The first-order chi connectivity index (χ1) is 18.9. The van der Waals surface area contributed by atoms with Crippen LogP contribution in [0.15, 0.2) is 48.5 Å². The van der Waals surface area contributed by atoms with Crippen LogP contribution in [0.1, 0.15) is 66.5 Å². The lowest BCUT2D eigenvalue weighted by Gasteiger charge is -2.25. The number of anilines is 1. The number of alkyl halides is 2. The second-order valence-corrected chi connectivity index (χ2v) is 10.2. The van der Waals surface area contributed by atoms with E-state index in [1.807, 2.05) is 13.8 Å². The van der Waals surface area contributed by atoms with Gasteiger partial charge in [-0.25, -0.2) is 4.98 Å². The molecule has 40 heavy (non-hydrogen) atoms. The molecule has 1 aliphatic heterocycles. The number of hydrogen-bond donors (Lipinski definition) is 3. The average molecular weight is 555 g/mol. The van der Waals surface area contributed by atoms with Crippen molar-refractivity contribution in [2.45, 2.75) is 50.9 Å². The van der Waals surface area contributed by atoms with Gasteiger partial charge in [-0.05, 0) is 73.4 Å². The summed E-state index contributed by atoms with van der Waals surface area (Å²) in [7, 11) is 1.46. The molecule has 0 amide bonds. The summed E-state index contributed by atoms with van der Waals surface area (Å²) in [6.45, 7) is 5.40. The van der Waals surface area contributed by atoms with Crippen LogP contribution >= 0.6 is 0 Å². The molecule has 0 saturated heterocycles. The minimum atomic E-state index is -3.83. The molecule has 0 fully saturated rings. The highest BCUT2D eigenvalue weighted by Gasteiger charge is 2.50. The maximum absolute atomic E-state index is 13.8. The highest BCUT2D eigenvalue weighted by molar-refractivity contribution is 5.80. The molecule has 9 nitrogen and oxygen atoms in total. The second kappa shape index (κ2) is 9.96. The molecule has 2 aliphatic rings. The molecule has 1 aliphatic carbocycles. The van der Waals surface area contributed by atoms with Crippen LogP contribution in [0, 0.1) is 5.92 Å². The lowest BCUT2D eigenvalue weighted by atomic mass is 9.77. The molecule has 11 heteroatoms. The van der Waals surface area contributed by atoms with Crippen LogP contribution in [0.5, 0.6) is 17.2 Å². The third kappa shape index (κ3) is 4.76. The van der Waals surface area contributed by atoms with Gasteiger partial charge in [-0.2, -0.15) is 0 Å². The Morgan fingerprint density at radius 1 is 0.975 bits per heavy atom. The van der Waals surface area contributed by atoms with Crippen molar-refractivity contribution in [2.75, 3.05) is 12.4 Å². The molecular weight excluding hydrogens is 526 g/mol. The second-order valence-electron chi connectivity index (χ2n) is 10.2. The van der Waals surface area contributed by atoms with Crippen molar-refractivity contribution in [2.24, 2.45) is 5.92 Å². The molecule has 0 radical (unpaired) electrons. The standard InChI is InChI=1S/C29H28F2N2O7/c1-13(2)32-22-10-8-18-23(15-5-9-20-21(11-15)40-29(30,31)39-20)25(28(36)37)24(26(18)33-22)17-7-6-16(38-4)12-19(17)14(3)27(34)35/h5-14,23-25H,1-4H3,(H,32,33)(H,34,35)(H,36,37)/t14?,23-,24-,25+/m0/s1. The number of carboxylic acids is 2. The fourth-order valence-corrected chi connectivity index (χ4v) is 5.57. The Labute approximate surface area is 228 Å². The molecule has 1 aromatic heterocycles. The Morgan fingerprint density at radius 2 is 1.68 bits per heavy atom. The minimum Gasteiger partial charge on any atom is -0.497 e. The highest BCUT2D eigenvalue weighted by atomic mass is 19.3. The predicted octanol–water partition coefficient (Wildman–Crippen LogP) is 5.40. The SMILES string of the molecule is COc1ccc([C@@H]2c3nc(NC(C)C)ccc3[C@H](c3ccc4c(c3)OC(F)(F)O4)[C@H]2C(=O)O)c(C(C)C(=O)O)c1. The summed E-state index contributed by atoms with van der Waals surface area (Å²) >= 11 is 0. The lowest BCUT2D eigenvalue weighted by Crippen LogP contribution is -2.26. The van der Waals surface area contributed by atoms with E-state index in [1.54, 1.807) is 30.3 Å². The zero-order valence-corrected chi connectivity index (χ0v) is 22.1. The van der Waals surface area contributed by atoms with E-state index in [9.17, 15) is 28.6 Å². The zero-order valence-electron chi connectivity index (χ0n) is 22.1. The van der Waals surface area contributed by atoms with Gasteiger partial charge in [0.2, 0.25) is 0 Å². The van der Waals surface area contributed by atoms with Crippen molar-refractivity contribution in [3.63, 3.8) is 0 Å². The minimum absolute atomic E-state index is 0.0376. The number of benzene rings is 2. The predicted molar refractivity (Wildman–Crippen MR) is 139 cm³/mol. The molecule has 3 N–H and O–H groups in total. The summed E-state index contributed by atoms with van der Waals surface area (Å²) in [5.74, 6) is -5.45. The first-order valence-corrected chi connectivity index (χ1v) is 12.7. The molecule has 2 aromatic carbocycles. The van der Waals surface area contributed by atoms with Crippen molar-refractivity contribution in [3.8, 4) is 17.2 Å². The molecule has 0 bridgehead atoms. The van der Waals surface area contributed by atoms with Gasteiger partial charge in [0.25, 0.3) is 0 Å². The number of nitrogens with zero attached hydrogens (tertiary/aromatic N) is 1. The van der Waals surface area contributed by atoms with Crippen LogP contribution in [0.3, 0.4) is 0 Å². The summed E-state index contributed by atoms with van der Waals surface area (Å²) < 4.78 is 42.0. The van der Waals surface area contributed by atoms with Crippen molar-refractivity contribution in [1.82, 2.24) is 4.98 Å². The van der Waals surface area contributed by atoms with E-state index < -0.39 is 41.9 Å². The fourth-order valence-electron chi connectivity index (χ4n) is 5.57. The van der Waals surface area contributed by atoms with Gasteiger partial charge in [-0.1, -0.05) is 18.2 Å².